The summed E-state index contributed by atoms with van der Waals surface area (Å²) in [5.74, 6) is 0. The van der Waals surface area contributed by atoms with Crippen molar-refractivity contribution in [2.45, 2.75) is 45.3 Å². The molecule has 3 N–H and O–H groups in total. The van der Waals surface area contributed by atoms with Crippen molar-refractivity contribution in [2.75, 3.05) is 25.0 Å². The Morgan fingerprint density at radius 2 is 2.18 bits per heavy atom. The van der Waals surface area contributed by atoms with Crippen LogP contribution in [-0.4, -0.2) is 37.9 Å². The highest BCUT2D eigenvalue weighted by Crippen LogP contribution is 2.27. The number of alkyl carbamates (subject to hydrolysis) is 1. The fourth-order valence-corrected chi connectivity index (χ4v) is 2.70. The first-order valence-corrected chi connectivity index (χ1v) is 7.81. The fraction of sp³-hybridized carbons (Fsp3) is 0.588. The molecule has 22 heavy (non-hydrogen) atoms. The second-order valence-corrected chi connectivity index (χ2v) is 6.92. The molecule has 1 aliphatic rings. The first-order valence-electron chi connectivity index (χ1n) is 7.81. The van der Waals surface area contributed by atoms with E-state index in [1.54, 1.807) is 0 Å². The Labute approximate surface area is 132 Å². The standard InChI is InChI=1S/C17H27N3O2/c1-17(2,3)22-16(21)19-14(11-18)10-12-5-6-15-13(9-12)7-8-20(15)4/h5-6,9,14H,7-8,10-11,18H2,1-4H3,(H,19,21). The van der Waals surface area contributed by atoms with Crippen LogP contribution in [0.1, 0.15) is 31.9 Å². The van der Waals surface area contributed by atoms with Gasteiger partial charge >= 0.3 is 6.09 Å². The predicted molar refractivity (Wildman–Crippen MR) is 89.3 cm³/mol. The van der Waals surface area contributed by atoms with Crippen LogP contribution in [0.3, 0.4) is 0 Å². The molecule has 0 radical (unpaired) electrons. The van der Waals surface area contributed by atoms with Crippen molar-refractivity contribution in [2.24, 2.45) is 5.73 Å². The third kappa shape index (κ3) is 4.37. The van der Waals surface area contributed by atoms with Gasteiger partial charge in [-0.05, 0) is 50.8 Å². The van der Waals surface area contributed by atoms with Crippen LogP contribution in [0.15, 0.2) is 18.2 Å². The number of nitrogens with zero attached hydrogens (tertiary/aromatic N) is 1. The predicted octanol–water partition coefficient (Wildman–Crippen LogP) is 2.07. The summed E-state index contributed by atoms with van der Waals surface area (Å²) >= 11 is 0. The highest BCUT2D eigenvalue weighted by atomic mass is 16.6. The van der Waals surface area contributed by atoms with Gasteiger partial charge in [-0.1, -0.05) is 12.1 Å². The zero-order valence-corrected chi connectivity index (χ0v) is 14.0. The molecule has 0 bridgehead atoms. The molecule has 5 nitrogen and oxygen atoms in total. The lowest BCUT2D eigenvalue weighted by Crippen LogP contribution is -2.44. The minimum absolute atomic E-state index is 0.118. The summed E-state index contributed by atoms with van der Waals surface area (Å²) in [6.07, 6.45) is 1.38. The van der Waals surface area contributed by atoms with E-state index in [4.69, 9.17) is 10.5 Å². The third-order valence-electron chi connectivity index (χ3n) is 3.76. The molecule has 122 valence electrons. The maximum Gasteiger partial charge on any atom is 0.407 e. The largest absolute Gasteiger partial charge is 0.444 e. The van der Waals surface area contributed by atoms with Crippen LogP contribution >= 0.6 is 0 Å². The second-order valence-electron chi connectivity index (χ2n) is 6.92. The van der Waals surface area contributed by atoms with Crippen LogP contribution in [0.4, 0.5) is 10.5 Å². The van der Waals surface area contributed by atoms with Gasteiger partial charge in [-0.15, -0.1) is 0 Å². The first-order chi connectivity index (χ1) is 10.3. The number of nitrogens with two attached hydrogens (primary N) is 1. The third-order valence-corrected chi connectivity index (χ3v) is 3.76. The Kier molecular flexibility index (Phi) is 4.96. The van der Waals surface area contributed by atoms with E-state index in [2.05, 4.69) is 35.5 Å². The van der Waals surface area contributed by atoms with Gasteiger partial charge in [-0.3, -0.25) is 0 Å². The first kappa shape index (κ1) is 16.6. The highest BCUT2D eigenvalue weighted by molar-refractivity contribution is 5.68. The summed E-state index contributed by atoms with van der Waals surface area (Å²) in [5.41, 5.74) is 9.15. The number of rotatable bonds is 4. The molecule has 1 heterocycles. The van der Waals surface area contributed by atoms with Crippen LogP contribution in [0, 0.1) is 0 Å². The molecule has 0 saturated carbocycles. The number of hydrogen-bond acceptors (Lipinski definition) is 4. The van der Waals surface area contributed by atoms with E-state index in [0.29, 0.717) is 13.0 Å². The number of ether oxygens (including phenoxy) is 1. The molecular formula is C17H27N3O2. The summed E-state index contributed by atoms with van der Waals surface area (Å²) in [7, 11) is 2.11. The summed E-state index contributed by atoms with van der Waals surface area (Å²) < 4.78 is 5.28. The Morgan fingerprint density at radius 3 is 2.82 bits per heavy atom. The molecule has 0 aliphatic carbocycles. The zero-order valence-electron chi connectivity index (χ0n) is 14.0. The van der Waals surface area contributed by atoms with E-state index < -0.39 is 11.7 Å². The number of carbonyl (C=O) groups is 1. The van der Waals surface area contributed by atoms with Gasteiger partial charge in [0.25, 0.3) is 0 Å². The number of likely N-dealkylation sites (N-methyl/N-ethyl adjacent to an activating group) is 1. The van der Waals surface area contributed by atoms with Crippen molar-refractivity contribution >= 4 is 11.8 Å². The highest BCUT2D eigenvalue weighted by Gasteiger charge is 2.20. The van der Waals surface area contributed by atoms with E-state index in [1.807, 2.05) is 20.8 Å². The smallest absolute Gasteiger partial charge is 0.407 e. The van der Waals surface area contributed by atoms with Crippen molar-refractivity contribution in [1.29, 1.82) is 0 Å². The number of anilines is 1. The molecule has 1 aromatic rings. The number of hydrogen-bond donors (Lipinski definition) is 2. The monoisotopic (exact) mass is 305 g/mol. The van der Waals surface area contributed by atoms with Gasteiger partial charge in [0.2, 0.25) is 0 Å². The average Bonchev–Trinajstić information content (AvgIpc) is 2.77. The number of benzene rings is 1. The molecule has 1 amide bonds. The van der Waals surface area contributed by atoms with Crippen molar-refractivity contribution < 1.29 is 9.53 Å². The number of nitrogens with one attached hydrogen (secondary N) is 1. The Balaban J connectivity index is 1.97. The molecule has 1 aliphatic heterocycles. The molecule has 0 fully saturated rings. The van der Waals surface area contributed by atoms with Crippen molar-refractivity contribution in [3.8, 4) is 0 Å². The number of fused-ring (bicyclic) bond motifs is 1. The van der Waals surface area contributed by atoms with Crippen molar-refractivity contribution in [1.82, 2.24) is 5.32 Å². The number of carbonyl (C=O) groups excluding carboxylic acids is 1. The second kappa shape index (κ2) is 6.57. The molecule has 1 atom stereocenters. The van der Waals surface area contributed by atoms with E-state index in [1.165, 1.54) is 16.8 Å². The summed E-state index contributed by atoms with van der Waals surface area (Å²) in [6, 6.07) is 6.36. The summed E-state index contributed by atoms with van der Waals surface area (Å²) in [5, 5.41) is 2.85. The normalized spacial score (nSPS) is 15.4. The van der Waals surface area contributed by atoms with Crippen LogP contribution in [-0.2, 0) is 17.6 Å². The Hall–Kier alpha value is -1.75. The maximum absolute atomic E-state index is 11.9. The van der Waals surface area contributed by atoms with E-state index in [0.717, 1.165) is 13.0 Å². The topological polar surface area (TPSA) is 67.6 Å². The molecule has 5 heteroatoms. The molecule has 2 rings (SSSR count). The lowest BCUT2D eigenvalue weighted by atomic mass is 10.0. The van der Waals surface area contributed by atoms with E-state index in [9.17, 15) is 4.79 Å². The van der Waals surface area contributed by atoms with Gasteiger partial charge in [-0.25, -0.2) is 4.79 Å². The average molecular weight is 305 g/mol. The van der Waals surface area contributed by atoms with Gasteiger partial charge in [0, 0.05) is 31.9 Å². The van der Waals surface area contributed by atoms with Crippen LogP contribution in [0.2, 0.25) is 0 Å². The van der Waals surface area contributed by atoms with Crippen LogP contribution in [0.5, 0.6) is 0 Å². The van der Waals surface area contributed by atoms with Crippen molar-refractivity contribution in [3.05, 3.63) is 29.3 Å². The molecule has 0 saturated heterocycles. The number of amides is 1. The van der Waals surface area contributed by atoms with Gasteiger partial charge < -0.3 is 20.7 Å². The van der Waals surface area contributed by atoms with E-state index in [-0.39, 0.29) is 6.04 Å². The quantitative estimate of drug-likeness (QED) is 0.893. The molecule has 0 aromatic heterocycles. The molecule has 1 unspecified atom stereocenters. The van der Waals surface area contributed by atoms with Gasteiger partial charge in [0.15, 0.2) is 0 Å². The fourth-order valence-electron chi connectivity index (χ4n) is 2.70. The SMILES string of the molecule is CN1CCc2cc(CC(CN)NC(=O)OC(C)(C)C)ccc21. The minimum Gasteiger partial charge on any atom is -0.444 e. The van der Waals surface area contributed by atoms with Crippen LogP contribution in [0.25, 0.3) is 0 Å². The molecule has 0 spiro atoms. The Morgan fingerprint density at radius 1 is 1.45 bits per heavy atom. The minimum atomic E-state index is -0.499. The van der Waals surface area contributed by atoms with Crippen LogP contribution < -0.4 is 16.0 Å². The Bertz CT molecular complexity index is 537. The molecule has 1 aromatic carbocycles. The summed E-state index contributed by atoms with van der Waals surface area (Å²) in [6.45, 7) is 6.99. The lowest BCUT2D eigenvalue weighted by Gasteiger charge is -2.23. The summed E-state index contributed by atoms with van der Waals surface area (Å²) in [4.78, 5) is 14.1. The van der Waals surface area contributed by atoms with Crippen molar-refractivity contribution in [3.63, 3.8) is 0 Å². The zero-order chi connectivity index (χ0) is 16.3. The van der Waals surface area contributed by atoms with Gasteiger partial charge in [-0.2, -0.15) is 0 Å². The van der Waals surface area contributed by atoms with Gasteiger partial charge in [0.1, 0.15) is 5.60 Å². The lowest BCUT2D eigenvalue weighted by molar-refractivity contribution is 0.0506. The maximum atomic E-state index is 11.9. The van der Waals surface area contributed by atoms with E-state index >= 15 is 0 Å². The molecular weight excluding hydrogens is 278 g/mol. The van der Waals surface area contributed by atoms with Gasteiger partial charge in [0.05, 0.1) is 0 Å².